The van der Waals surface area contributed by atoms with Crippen LogP contribution in [0.25, 0.3) is 11.5 Å². The molecule has 0 radical (unpaired) electrons. The average molecular weight is 368 g/mol. The Balaban J connectivity index is 1.70. The molecule has 7 heteroatoms. The molecule has 142 valence electrons. The number of hydrogen-bond donors (Lipinski definition) is 1. The molecule has 1 N–H and O–H groups in total. The van der Waals surface area contributed by atoms with E-state index in [2.05, 4.69) is 9.88 Å². The summed E-state index contributed by atoms with van der Waals surface area (Å²) in [5.74, 6) is 1.42. The molecule has 0 amide bonds. The Labute approximate surface area is 150 Å². The fourth-order valence-electron chi connectivity index (χ4n) is 3.35. The molecular formula is C19H23F3N2O2. The van der Waals surface area contributed by atoms with Crippen molar-refractivity contribution in [2.24, 2.45) is 5.92 Å². The van der Waals surface area contributed by atoms with Crippen molar-refractivity contribution in [1.29, 1.82) is 0 Å². The quantitative estimate of drug-likeness (QED) is 0.857. The Morgan fingerprint density at radius 1 is 1.27 bits per heavy atom. The molecule has 1 aliphatic rings. The maximum atomic E-state index is 12.9. The lowest BCUT2D eigenvalue weighted by atomic mass is 9.94. The maximum Gasteiger partial charge on any atom is 0.416 e. The minimum Gasteiger partial charge on any atom is -0.441 e. The predicted molar refractivity (Wildman–Crippen MR) is 91.4 cm³/mol. The monoisotopic (exact) mass is 368 g/mol. The van der Waals surface area contributed by atoms with E-state index in [4.69, 9.17) is 9.52 Å². The number of nitrogens with zero attached hydrogens (tertiary/aromatic N) is 2. The summed E-state index contributed by atoms with van der Waals surface area (Å²) in [6.45, 7) is 4.50. The number of rotatable bonds is 5. The van der Waals surface area contributed by atoms with Gasteiger partial charge in [-0.05, 0) is 63.4 Å². The first-order chi connectivity index (χ1) is 12.4. The molecule has 3 rings (SSSR count). The predicted octanol–water partition coefficient (Wildman–Crippen LogP) is 4.26. The van der Waals surface area contributed by atoms with Gasteiger partial charge in [-0.15, -0.1) is 0 Å². The van der Waals surface area contributed by atoms with Crippen LogP contribution in [0.1, 0.15) is 36.3 Å². The largest absolute Gasteiger partial charge is 0.441 e. The van der Waals surface area contributed by atoms with E-state index in [0.717, 1.165) is 50.2 Å². The Kier molecular flexibility index (Phi) is 5.67. The summed E-state index contributed by atoms with van der Waals surface area (Å²) in [6.07, 6.45) is -1.47. The Bertz CT molecular complexity index is 735. The van der Waals surface area contributed by atoms with Gasteiger partial charge in [-0.1, -0.05) is 6.07 Å². The Morgan fingerprint density at radius 3 is 2.65 bits per heavy atom. The van der Waals surface area contributed by atoms with Gasteiger partial charge in [-0.3, -0.25) is 4.90 Å². The van der Waals surface area contributed by atoms with Gasteiger partial charge < -0.3 is 9.52 Å². The molecule has 0 spiro atoms. The molecule has 1 aliphatic heterocycles. The fourth-order valence-corrected chi connectivity index (χ4v) is 3.35. The van der Waals surface area contributed by atoms with Crippen LogP contribution in [-0.2, 0) is 12.7 Å². The van der Waals surface area contributed by atoms with Crippen LogP contribution < -0.4 is 0 Å². The van der Waals surface area contributed by atoms with Crippen LogP contribution in [0.3, 0.4) is 0 Å². The molecule has 1 aromatic heterocycles. The van der Waals surface area contributed by atoms with Gasteiger partial charge in [0, 0.05) is 18.7 Å². The van der Waals surface area contributed by atoms with Crippen LogP contribution >= 0.6 is 0 Å². The minimum absolute atomic E-state index is 0.221. The zero-order chi connectivity index (χ0) is 18.7. The van der Waals surface area contributed by atoms with E-state index in [1.165, 1.54) is 6.07 Å². The average Bonchev–Trinajstić information content (AvgIpc) is 2.97. The zero-order valence-electron chi connectivity index (χ0n) is 14.7. The highest BCUT2D eigenvalue weighted by Gasteiger charge is 2.31. The highest BCUT2D eigenvalue weighted by atomic mass is 19.4. The summed E-state index contributed by atoms with van der Waals surface area (Å²) in [4.78, 5) is 6.71. The first-order valence-corrected chi connectivity index (χ1v) is 8.84. The van der Waals surface area contributed by atoms with E-state index in [1.807, 2.05) is 0 Å². The topological polar surface area (TPSA) is 49.5 Å². The molecule has 0 aliphatic carbocycles. The Hall–Kier alpha value is -1.86. The third kappa shape index (κ3) is 4.45. The molecular weight excluding hydrogens is 345 g/mol. The van der Waals surface area contributed by atoms with Gasteiger partial charge in [0.25, 0.3) is 0 Å². The number of piperidine rings is 1. The summed E-state index contributed by atoms with van der Waals surface area (Å²) in [5, 5.41) is 9.03. The molecule has 1 fully saturated rings. The maximum absolute atomic E-state index is 12.9. The minimum atomic E-state index is -4.39. The van der Waals surface area contributed by atoms with Crippen molar-refractivity contribution in [3.63, 3.8) is 0 Å². The highest BCUT2D eigenvalue weighted by molar-refractivity contribution is 5.55. The van der Waals surface area contributed by atoms with Crippen LogP contribution in [0.15, 0.2) is 28.7 Å². The Morgan fingerprint density at radius 2 is 2.00 bits per heavy atom. The van der Waals surface area contributed by atoms with E-state index in [-0.39, 0.29) is 12.5 Å². The van der Waals surface area contributed by atoms with Gasteiger partial charge in [0.05, 0.1) is 11.3 Å². The SMILES string of the molecule is Cc1oc(-c2cccc(C(F)(F)F)c2)nc1CN1CCC(CCO)CC1. The van der Waals surface area contributed by atoms with Crippen molar-refractivity contribution < 1.29 is 22.7 Å². The molecule has 0 unspecified atom stereocenters. The van der Waals surface area contributed by atoms with Crippen LogP contribution in [0, 0.1) is 12.8 Å². The van der Waals surface area contributed by atoms with E-state index in [9.17, 15) is 13.2 Å². The standard InChI is InChI=1S/C19H23F3N2O2/c1-13-17(12-24-8-5-14(6-9-24)7-10-25)23-18(26-13)15-3-2-4-16(11-15)19(20,21)22/h2-4,11,14,25H,5-10,12H2,1H3. The molecule has 2 aromatic rings. The first-order valence-electron chi connectivity index (χ1n) is 8.84. The number of aryl methyl sites for hydroxylation is 1. The number of halogens is 3. The molecule has 1 saturated heterocycles. The van der Waals surface area contributed by atoms with E-state index >= 15 is 0 Å². The van der Waals surface area contributed by atoms with Crippen molar-refractivity contribution >= 4 is 0 Å². The van der Waals surface area contributed by atoms with Crippen LogP contribution in [0.5, 0.6) is 0 Å². The third-order valence-corrected chi connectivity index (χ3v) is 4.95. The van der Waals surface area contributed by atoms with Gasteiger partial charge in [0.2, 0.25) is 5.89 Å². The van der Waals surface area contributed by atoms with E-state index in [1.54, 1.807) is 13.0 Å². The number of aromatic nitrogens is 1. The summed E-state index contributed by atoms with van der Waals surface area (Å²) in [6, 6.07) is 5.04. The lowest BCUT2D eigenvalue weighted by molar-refractivity contribution is -0.137. The number of likely N-dealkylation sites (tertiary alicyclic amines) is 1. The second-order valence-electron chi connectivity index (χ2n) is 6.83. The number of benzene rings is 1. The van der Waals surface area contributed by atoms with Gasteiger partial charge >= 0.3 is 6.18 Å². The van der Waals surface area contributed by atoms with Gasteiger partial charge in [0.15, 0.2) is 0 Å². The lowest BCUT2D eigenvalue weighted by Crippen LogP contribution is -2.33. The second-order valence-corrected chi connectivity index (χ2v) is 6.83. The smallest absolute Gasteiger partial charge is 0.416 e. The van der Waals surface area contributed by atoms with Crippen molar-refractivity contribution in [2.45, 2.75) is 38.9 Å². The molecule has 0 bridgehead atoms. The number of oxazole rings is 1. The first kappa shape index (κ1) is 18.9. The normalized spacial score (nSPS) is 17.0. The van der Waals surface area contributed by atoms with Gasteiger partial charge in [-0.2, -0.15) is 13.2 Å². The van der Waals surface area contributed by atoms with E-state index in [0.29, 0.717) is 23.8 Å². The molecule has 1 aromatic carbocycles. The number of aliphatic hydroxyl groups excluding tert-OH is 1. The van der Waals surface area contributed by atoms with Crippen molar-refractivity contribution in [2.75, 3.05) is 19.7 Å². The van der Waals surface area contributed by atoms with Gasteiger partial charge in [-0.25, -0.2) is 4.98 Å². The van der Waals surface area contributed by atoms with Crippen LogP contribution in [-0.4, -0.2) is 34.7 Å². The number of aliphatic hydroxyl groups is 1. The molecule has 0 atom stereocenters. The molecule has 0 saturated carbocycles. The van der Waals surface area contributed by atoms with Gasteiger partial charge in [0.1, 0.15) is 5.76 Å². The zero-order valence-corrected chi connectivity index (χ0v) is 14.7. The molecule has 2 heterocycles. The number of alkyl halides is 3. The van der Waals surface area contributed by atoms with Crippen molar-refractivity contribution in [1.82, 2.24) is 9.88 Å². The lowest BCUT2D eigenvalue weighted by Gasteiger charge is -2.31. The number of hydrogen-bond acceptors (Lipinski definition) is 4. The summed E-state index contributed by atoms with van der Waals surface area (Å²) in [7, 11) is 0. The summed E-state index contributed by atoms with van der Waals surface area (Å²) >= 11 is 0. The van der Waals surface area contributed by atoms with E-state index < -0.39 is 11.7 Å². The van der Waals surface area contributed by atoms with Crippen molar-refractivity contribution in [3.05, 3.63) is 41.3 Å². The third-order valence-electron chi connectivity index (χ3n) is 4.95. The van der Waals surface area contributed by atoms with Crippen LogP contribution in [0.4, 0.5) is 13.2 Å². The highest BCUT2D eigenvalue weighted by Crippen LogP contribution is 2.32. The summed E-state index contributed by atoms with van der Waals surface area (Å²) < 4.78 is 44.3. The summed E-state index contributed by atoms with van der Waals surface area (Å²) in [5.41, 5.74) is 0.382. The van der Waals surface area contributed by atoms with Crippen molar-refractivity contribution in [3.8, 4) is 11.5 Å². The second kappa shape index (κ2) is 7.80. The molecule has 26 heavy (non-hydrogen) atoms. The fraction of sp³-hybridized carbons (Fsp3) is 0.526. The molecule has 4 nitrogen and oxygen atoms in total. The van der Waals surface area contributed by atoms with Crippen LogP contribution in [0.2, 0.25) is 0 Å².